The standard InChI is InChI=1S/C16H19FN2O/c1-11(14-6-4-5-7-15(14)17)19(3)13-8-9-16(12(2)20)18-10-13/h4-12,20H,1-3H3/t11?,12-/m1/s1. The van der Waals surface area contributed by atoms with Crippen molar-refractivity contribution in [2.24, 2.45) is 0 Å². The highest BCUT2D eigenvalue weighted by Crippen LogP contribution is 2.26. The number of aliphatic hydroxyl groups is 1. The summed E-state index contributed by atoms with van der Waals surface area (Å²) >= 11 is 0. The van der Waals surface area contributed by atoms with Crippen molar-refractivity contribution in [3.8, 4) is 0 Å². The highest BCUT2D eigenvalue weighted by atomic mass is 19.1. The quantitative estimate of drug-likeness (QED) is 0.927. The normalized spacial score (nSPS) is 13.8. The van der Waals surface area contributed by atoms with Crippen LogP contribution in [0.1, 0.15) is 37.3 Å². The molecule has 2 rings (SSSR count). The van der Waals surface area contributed by atoms with Crippen molar-refractivity contribution in [3.63, 3.8) is 0 Å². The number of aliphatic hydroxyl groups excluding tert-OH is 1. The maximum Gasteiger partial charge on any atom is 0.128 e. The molecule has 0 fully saturated rings. The molecule has 0 saturated carbocycles. The van der Waals surface area contributed by atoms with Crippen LogP contribution in [0.2, 0.25) is 0 Å². The molecule has 4 heteroatoms. The lowest BCUT2D eigenvalue weighted by Gasteiger charge is -2.27. The maximum absolute atomic E-state index is 13.8. The van der Waals surface area contributed by atoms with Crippen LogP contribution in [0.25, 0.3) is 0 Å². The Hall–Kier alpha value is -1.94. The number of nitrogens with zero attached hydrogens (tertiary/aromatic N) is 2. The summed E-state index contributed by atoms with van der Waals surface area (Å²) in [4.78, 5) is 6.17. The average molecular weight is 274 g/mol. The van der Waals surface area contributed by atoms with Gasteiger partial charge >= 0.3 is 0 Å². The third-order valence-corrected chi connectivity index (χ3v) is 3.54. The van der Waals surface area contributed by atoms with Gasteiger partial charge in [0.05, 0.1) is 29.7 Å². The molecule has 1 aromatic carbocycles. The second kappa shape index (κ2) is 6.01. The first-order valence-corrected chi connectivity index (χ1v) is 6.62. The van der Waals surface area contributed by atoms with Gasteiger partial charge in [0, 0.05) is 12.6 Å². The van der Waals surface area contributed by atoms with E-state index in [4.69, 9.17) is 0 Å². The van der Waals surface area contributed by atoms with Crippen LogP contribution in [0.3, 0.4) is 0 Å². The van der Waals surface area contributed by atoms with E-state index >= 15 is 0 Å². The van der Waals surface area contributed by atoms with Crippen LogP contribution in [0.15, 0.2) is 42.6 Å². The Balaban J connectivity index is 2.22. The molecule has 0 amide bonds. The fourth-order valence-electron chi connectivity index (χ4n) is 2.10. The van der Waals surface area contributed by atoms with Gasteiger partial charge in [-0.1, -0.05) is 18.2 Å². The molecule has 0 saturated heterocycles. The summed E-state index contributed by atoms with van der Waals surface area (Å²) in [5, 5.41) is 9.45. The molecule has 1 unspecified atom stereocenters. The molecular formula is C16H19FN2O. The average Bonchev–Trinajstić information content (AvgIpc) is 2.46. The van der Waals surface area contributed by atoms with Gasteiger partial charge in [-0.15, -0.1) is 0 Å². The smallest absolute Gasteiger partial charge is 0.128 e. The summed E-state index contributed by atoms with van der Waals surface area (Å²) in [6.07, 6.45) is 1.11. The van der Waals surface area contributed by atoms with E-state index in [0.717, 1.165) is 5.69 Å². The van der Waals surface area contributed by atoms with Crippen molar-refractivity contribution in [2.75, 3.05) is 11.9 Å². The number of rotatable bonds is 4. The van der Waals surface area contributed by atoms with Gasteiger partial charge in [-0.2, -0.15) is 0 Å². The minimum Gasteiger partial charge on any atom is -0.387 e. The summed E-state index contributed by atoms with van der Waals surface area (Å²) < 4.78 is 13.8. The molecule has 2 aromatic rings. The number of pyridine rings is 1. The van der Waals surface area contributed by atoms with Crippen LogP contribution < -0.4 is 4.90 Å². The predicted molar refractivity (Wildman–Crippen MR) is 78.1 cm³/mol. The molecule has 0 radical (unpaired) electrons. The summed E-state index contributed by atoms with van der Waals surface area (Å²) in [5.74, 6) is -0.208. The van der Waals surface area contributed by atoms with Crippen molar-refractivity contribution >= 4 is 5.69 Å². The molecule has 0 bridgehead atoms. The summed E-state index contributed by atoms with van der Waals surface area (Å²) in [6.45, 7) is 3.62. The molecule has 0 spiro atoms. The predicted octanol–water partition coefficient (Wildman–Crippen LogP) is 3.47. The van der Waals surface area contributed by atoms with Crippen LogP contribution in [-0.2, 0) is 0 Å². The molecule has 3 nitrogen and oxygen atoms in total. The Labute approximate surface area is 118 Å². The molecule has 1 N–H and O–H groups in total. The second-order valence-corrected chi connectivity index (χ2v) is 4.93. The van der Waals surface area contributed by atoms with E-state index in [0.29, 0.717) is 11.3 Å². The Morgan fingerprint density at radius 1 is 1.15 bits per heavy atom. The van der Waals surface area contributed by atoms with Gasteiger partial charge in [-0.3, -0.25) is 4.98 Å². The van der Waals surface area contributed by atoms with Gasteiger partial charge < -0.3 is 10.0 Å². The van der Waals surface area contributed by atoms with Crippen LogP contribution in [0, 0.1) is 5.82 Å². The van der Waals surface area contributed by atoms with Crippen molar-refractivity contribution in [1.29, 1.82) is 0 Å². The third kappa shape index (κ3) is 2.96. The first-order chi connectivity index (χ1) is 9.50. The zero-order chi connectivity index (χ0) is 14.7. The fraction of sp³-hybridized carbons (Fsp3) is 0.312. The highest BCUT2D eigenvalue weighted by molar-refractivity contribution is 5.46. The van der Waals surface area contributed by atoms with E-state index in [1.807, 2.05) is 31.0 Å². The Bertz CT molecular complexity index is 569. The molecule has 1 heterocycles. The summed E-state index contributed by atoms with van der Waals surface area (Å²) in [5.41, 5.74) is 2.15. The molecule has 0 aliphatic heterocycles. The maximum atomic E-state index is 13.8. The minimum absolute atomic E-state index is 0.101. The van der Waals surface area contributed by atoms with Crippen LogP contribution in [0.5, 0.6) is 0 Å². The van der Waals surface area contributed by atoms with Gasteiger partial charge in [0.15, 0.2) is 0 Å². The number of halogens is 1. The van der Waals surface area contributed by atoms with E-state index in [9.17, 15) is 9.50 Å². The minimum atomic E-state index is -0.585. The molecule has 106 valence electrons. The van der Waals surface area contributed by atoms with Crippen LogP contribution in [0.4, 0.5) is 10.1 Å². The first kappa shape index (κ1) is 14.5. The molecule has 0 aliphatic rings. The van der Waals surface area contributed by atoms with Crippen LogP contribution >= 0.6 is 0 Å². The monoisotopic (exact) mass is 274 g/mol. The second-order valence-electron chi connectivity index (χ2n) is 4.93. The summed E-state index contributed by atoms with van der Waals surface area (Å²) in [6, 6.07) is 10.3. The number of benzene rings is 1. The van der Waals surface area contributed by atoms with E-state index < -0.39 is 6.10 Å². The van der Waals surface area contributed by atoms with E-state index in [-0.39, 0.29) is 11.9 Å². The van der Waals surface area contributed by atoms with Crippen molar-refractivity contribution < 1.29 is 9.50 Å². The Kier molecular flexibility index (Phi) is 4.35. The lowest BCUT2D eigenvalue weighted by atomic mass is 10.1. The number of hydrogen-bond acceptors (Lipinski definition) is 3. The van der Waals surface area contributed by atoms with Crippen molar-refractivity contribution in [2.45, 2.75) is 26.0 Å². The van der Waals surface area contributed by atoms with Gasteiger partial charge in [-0.25, -0.2) is 4.39 Å². The molecule has 0 aliphatic carbocycles. The number of aromatic nitrogens is 1. The SMILES string of the molecule is CC(c1ccccc1F)N(C)c1ccc([C@@H](C)O)nc1. The molecule has 1 aromatic heterocycles. The third-order valence-electron chi connectivity index (χ3n) is 3.54. The van der Waals surface area contributed by atoms with Gasteiger partial charge in [-0.05, 0) is 32.0 Å². The fourth-order valence-corrected chi connectivity index (χ4v) is 2.10. The Morgan fingerprint density at radius 3 is 2.40 bits per heavy atom. The van der Waals surface area contributed by atoms with E-state index in [1.165, 1.54) is 6.07 Å². The molecular weight excluding hydrogens is 255 g/mol. The number of anilines is 1. The largest absolute Gasteiger partial charge is 0.387 e. The van der Waals surface area contributed by atoms with Gasteiger partial charge in [0.2, 0.25) is 0 Å². The van der Waals surface area contributed by atoms with Crippen LogP contribution in [-0.4, -0.2) is 17.1 Å². The number of hydrogen-bond donors (Lipinski definition) is 1. The van der Waals surface area contributed by atoms with Gasteiger partial charge in [0.1, 0.15) is 5.82 Å². The van der Waals surface area contributed by atoms with Gasteiger partial charge in [0.25, 0.3) is 0 Å². The van der Waals surface area contributed by atoms with E-state index in [2.05, 4.69) is 4.98 Å². The molecule has 2 atom stereocenters. The van der Waals surface area contributed by atoms with Crippen molar-refractivity contribution in [3.05, 3.63) is 59.7 Å². The zero-order valence-corrected chi connectivity index (χ0v) is 11.9. The highest BCUT2D eigenvalue weighted by Gasteiger charge is 2.16. The first-order valence-electron chi connectivity index (χ1n) is 6.62. The van der Waals surface area contributed by atoms with E-state index in [1.54, 1.807) is 31.3 Å². The summed E-state index contributed by atoms with van der Waals surface area (Å²) in [7, 11) is 1.90. The molecule has 20 heavy (non-hydrogen) atoms. The lowest BCUT2D eigenvalue weighted by molar-refractivity contribution is 0.194. The lowest BCUT2D eigenvalue weighted by Crippen LogP contribution is -2.22. The topological polar surface area (TPSA) is 36.4 Å². The Morgan fingerprint density at radius 2 is 1.85 bits per heavy atom. The van der Waals surface area contributed by atoms with Crippen molar-refractivity contribution in [1.82, 2.24) is 4.98 Å². The zero-order valence-electron chi connectivity index (χ0n) is 11.9.